The van der Waals surface area contributed by atoms with Crippen molar-refractivity contribution < 1.29 is 19.4 Å². The number of fused-ring (bicyclic) bond motifs is 1. The van der Waals surface area contributed by atoms with Crippen molar-refractivity contribution in [1.29, 1.82) is 0 Å². The molecule has 1 fully saturated rings. The van der Waals surface area contributed by atoms with Gasteiger partial charge in [0.1, 0.15) is 16.4 Å². The van der Waals surface area contributed by atoms with Crippen molar-refractivity contribution in [2.75, 3.05) is 18.5 Å². The lowest BCUT2D eigenvalue weighted by molar-refractivity contribution is 0.0858. The second-order valence-electron chi connectivity index (χ2n) is 9.28. The minimum atomic E-state index is -0.376. The first-order valence-corrected chi connectivity index (χ1v) is 12.9. The van der Waals surface area contributed by atoms with Crippen LogP contribution in [0.1, 0.15) is 68.1 Å². The van der Waals surface area contributed by atoms with Gasteiger partial charge in [-0.25, -0.2) is 0 Å². The third-order valence-corrected chi connectivity index (χ3v) is 8.15. The van der Waals surface area contributed by atoms with Crippen molar-refractivity contribution in [3.63, 3.8) is 0 Å². The smallest absolute Gasteiger partial charge is 0.274 e. The van der Waals surface area contributed by atoms with Gasteiger partial charge < -0.3 is 20.5 Å². The fraction of sp³-hybridized carbons (Fsp3) is 0.423. The van der Waals surface area contributed by atoms with Crippen LogP contribution in [0.3, 0.4) is 0 Å². The molecule has 35 heavy (non-hydrogen) atoms. The Morgan fingerprint density at radius 1 is 1.20 bits per heavy atom. The molecule has 1 unspecified atom stereocenters. The van der Waals surface area contributed by atoms with Crippen LogP contribution in [0, 0.1) is 13.8 Å². The van der Waals surface area contributed by atoms with Crippen molar-refractivity contribution >= 4 is 28.2 Å². The summed E-state index contributed by atoms with van der Waals surface area (Å²) in [6.07, 6.45) is 5.89. The lowest BCUT2D eigenvalue weighted by Crippen LogP contribution is -2.32. The quantitative estimate of drug-likeness (QED) is 0.403. The average molecular weight is 495 g/mol. The molecule has 0 spiro atoms. The number of rotatable bonds is 6. The summed E-state index contributed by atoms with van der Waals surface area (Å²) >= 11 is 1.48. The van der Waals surface area contributed by atoms with E-state index < -0.39 is 0 Å². The van der Waals surface area contributed by atoms with E-state index in [2.05, 4.69) is 20.8 Å². The summed E-state index contributed by atoms with van der Waals surface area (Å²) in [6.45, 7) is 4.98. The third kappa shape index (κ3) is 4.70. The van der Waals surface area contributed by atoms with E-state index in [1.165, 1.54) is 16.2 Å². The SMILES string of the molecule is Cc1ccc(-c2cc(C(=O)Nc3sc4c(c3C(=O)NCC3CCCO3)CCCC4)[nH]n2)c(O)c1C. The molecule has 9 heteroatoms. The highest BCUT2D eigenvalue weighted by molar-refractivity contribution is 7.17. The van der Waals surface area contributed by atoms with Crippen LogP contribution in [0.5, 0.6) is 5.75 Å². The second-order valence-corrected chi connectivity index (χ2v) is 10.4. The van der Waals surface area contributed by atoms with Crippen LogP contribution < -0.4 is 10.6 Å². The Balaban J connectivity index is 1.37. The summed E-state index contributed by atoms with van der Waals surface area (Å²) in [5, 5.41) is 24.1. The largest absolute Gasteiger partial charge is 0.507 e. The fourth-order valence-corrected chi connectivity index (χ4v) is 6.03. The van der Waals surface area contributed by atoms with Gasteiger partial charge in [0.05, 0.1) is 17.4 Å². The molecule has 1 aliphatic carbocycles. The van der Waals surface area contributed by atoms with Crippen LogP contribution in [-0.4, -0.2) is 46.4 Å². The molecule has 1 atom stereocenters. The van der Waals surface area contributed by atoms with Gasteiger partial charge in [-0.3, -0.25) is 14.7 Å². The fourth-order valence-electron chi connectivity index (χ4n) is 4.75. The van der Waals surface area contributed by atoms with Gasteiger partial charge in [-0.1, -0.05) is 6.07 Å². The number of hydrogen-bond donors (Lipinski definition) is 4. The number of hydrogen-bond acceptors (Lipinski definition) is 6. The number of thiophene rings is 1. The summed E-state index contributed by atoms with van der Waals surface area (Å²) in [4.78, 5) is 27.5. The first-order valence-electron chi connectivity index (χ1n) is 12.1. The number of ether oxygens (including phenoxy) is 1. The zero-order chi connectivity index (χ0) is 24.5. The number of phenols is 1. The number of anilines is 1. The molecule has 1 aromatic carbocycles. The number of phenolic OH excluding ortho intramolecular Hbond substituents is 1. The minimum Gasteiger partial charge on any atom is -0.507 e. The standard InChI is InChI=1S/C26H30N4O4S/c1-14-9-10-17(23(31)15(14)2)19-12-20(30-29-19)24(32)28-26-22(18-7-3-4-8-21(18)35-26)25(33)27-13-16-6-5-11-34-16/h9-10,12,16,31H,3-8,11,13H2,1-2H3,(H,27,33)(H,28,32)(H,29,30). The molecule has 1 saturated heterocycles. The monoisotopic (exact) mass is 494 g/mol. The van der Waals surface area contributed by atoms with Gasteiger partial charge >= 0.3 is 0 Å². The van der Waals surface area contributed by atoms with Crippen molar-refractivity contribution in [2.45, 2.75) is 58.5 Å². The van der Waals surface area contributed by atoms with Crippen LogP contribution in [-0.2, 0) is 17.6 Å². The van der Waals surface area contributed by atoms with Crippen LogP contribution >= 0.6 is 11.3 Å². The summed E-state index contributed by atoms with van der Waals surface area (Å²) in [6, 6.07) is 5.32. The van der Waals surface area contributed by atoms with E-state index in [9.17, 15) is 14.7 Å². The van der Waals surface area contributed by atoms with Crippen LogP contribution in [0.4, 0.5) is 5.00 Å². The number of carbonyl (C=O) groups excluding carboxylic acids is 2. The molecule has 0 bridgehead atoms. The number of aromatic amines is 1. The number of nitrogens with one attached hydrogen (secondary N) is 3. The predicted molar refractivity (Wildman–Crippen MR) is 135 cm³/mol. The van der Waals surface area contributed by atoms with E-state index in [1.807, 2.05) is 19.9 Å². The van der Waals surface area contributed by atoms with E-state index in [4.69, 9.17) is 4.74 Å². The molecular weight excluding hydrogens is 464 g/mol. The second kappa shape index (κ2) is 9.83. The van der Waals surface area contributed by atoms with Gasteiger partial charge in [0.25, 0.3) is 11.8 Å². The van der Waals surface area contributed by atoms with Crippen molar-refractivity contribution in [2.24, 2.45) is 0 Å². The molecule has 8 nitrogen and oxygen atoms in total. The molecule has 3 heterocycles. The molecule has 184 valence electrons. The van der Waals surface area contributed by atoms with E-state index in [0.29, 0.717) is 28.4 Å². The molecule has 3 aromatic rings. The summed E-state index contributed by atoms with van der Waals surface area (Å²) in [5.41, 5.74) is 4.68. The highest BCUT2D eigenvalue weighted by atomic mass is 32.1. The first-order chi connectivity index (χ1) is 16.9. The molecule has 4 N–H and O–H groups in total. The Morgan fingerprint density at radius 2 is 2.03 bits per heavy atom. The molecule has 0 radical (unpaired) electrons. The van der Waals surface area contributed by atoms with Gasteiger partial charge in [-0.05, 0) is 81.2 Å². The topological polar surface area (TPSA) is 116 Å². The van der Waals surface area contributed by atoms with Crippen LogP contribution in [0.2, 0.25) is 0 Å². The van der Waals surface area contributed by atoms with Gasteiger partial charge in [0.15, 0.2) is 0 Å². The van der Waals surface area contributed by atoms with E-state index in [0.717, 1.165) is 61.8 Å². The Bertz CT molecular complexity index is 1270. The highest BCUT2D eigenvalue weighted by Gasteiger charge is 2.28. The number of aromatic nitrogens is 2. The first kappa shape index (κ1) is 23.6. The number of aryl methyl sites for hydroxylation is 2. The number of aromatic hydroxyl groups is 1. The van der Waals surface area contributed by atoms with E-state index in [1.54, 1.807) is 12.1 Å². The Morgan fingerprint density at radius 3 is 2.83 bits per heavy atom. The third-order valence-electron chi connectivity index (χ3n) is 6.94. The van der Waals surface area contributed by atoms with Crippen molar-refractivity contribution in [1.82, 2.24) is 15.5 Å². The number of benzene rings is 1. The summed E-state index contributed by atoms with van der Waals surface area (Å²) in [5.74, 6) is -0.390. The maximum Gasteiger partial charge on any atom is 0.274 e. The summed E-state index contributed by atoms with van der Waals surface area (Å²) in [7, 11) is 0. The maximum atomic E-state index is 13.2. The minimum absolute atomic E-state index is 0.0525. The maximum absolute atomic E-state index is 13.2. The Hall–Kier alpha value is -3.17. The molecule has 5 rings (SSSR count). The highest BCUT2D eigenvalue weighted by Crippen LogP contribution is 2.39. The predicted octanol–water partition coefficient (Wildman–Crippen LogP) is 4.50. The Kier molecular flexibility index (Phi) is 6.62. The van der Waals surface area contributed by atoms with Crippen LogP contribution in [0.25, 0.3) is 11.3 Å². The van der Waals surface area contributed by atoms with Crippen molar-refractivity contribution in [3.8, 4) is 17.0 Å². The molecule has 2 aromatic heterocycles. The van der Waals surface area contributed by atoms with Crippen LogP contribution in [0.15, 0.2) is 18.2 Å². The van der Waals surface area contributed by atoms with Gasteiger partial charge in [-0.2, -0.15) is 5.10 Å². The zero-order valence-electron chi connectivity index (χ0n) is 20.0. The number of nitrogens with zero attached hydrogens (tertiary/aromatic N) is 1. The Labute approximate surface area is 208 Å². The van der Waals surface area contributed by atoms with Crippen molar-refractivity contribution in [3.05, 3.63) is 51.0 Å². The lowest BCUT2D eigenvalue weighted by Gasteiger charge is -2.15. The van der Waals surface area contributed by atoms with E-state index in [-0.39, 0.29) is 29.4 Å². The summed E-state index contributed by atoms with van der Waals surface area (Å²) < 4.78 is 5.64. The molecule has 0 saturated carbocycles. The normalized spacial score (nSPS) is 17.3. The molecular formula is C26H30N4O4S. The van der Waals surface area contributed by atoms with E-state index >= 15 is 0 Å². The zero-order valence-corrected chi connectivity index (χ0v) is 20.8. The van der Waals surface area contributed by atoms with Gasteiger partial charge in [0, 0.05) is 23.6 Å². The molecule has 2 aliphatic rings. The number of amides is 2. The average Bonchev–Trinajstić information content (AvgIpc) is 3.61. The lowest BCUT2D eigenvalue weighted by atomic mass is 9.95. The number of carbonyl (C=O) groups is 2. The number of H-pyrrole nitrogens is 1. The van der Waals surface area contributed by atoms with Gasteiger partial charge in [-0.15, -0.1) is 11.3 Å². The van der Waals surface area contributed by atoms with Gasteiger partial charge in [0.2, 0.25) is 0 Å². The molecule has 2 amide bonds. The molecule has 1 aliphatic heterocycles.